The molecule has 4 heteroatoms. The maximum Gasteiger partial charge on any atom is 0.356 e. The molecular formula is C12H18N2O2. The second kappa shape index (κ2) is 3.61. The summed E-state index contributed by atoms with van der Waals surface area (Å²) in [6, 6.07) is 0. The molecule has 88 valence electrons. The highest BCUT2D eigenvalue weighted by molar-refractivity contribution is 5.88. The molecule has 0 amide bonds. The van der Waals surface area contributed by atoms with Gasteiger partial charge in [-0.05, 0) is 24.7 Å². The molecule has 16 heavy (non-hydrogen) atoms. The number of aromatic nitrogens is 2. The Morgan fingerprint density at radius 3 is 2.62 bits per heavy atom. The molecule has 1 aromatic rings. The summed E-state index contributed by atoms with van der Waals surface area (Å²) in [7, 11) is 0. The van der Waals surface area contributed by atoms with Gasteiger partial charge in [0.05, 0.1) is 0 Å². The lowest BCUT2D eigenvalue weighted by molar-refractivity contribution is 0.0686. The van der Waals surface area contributed by atoms with Crippen molar-refractivity contribution in [3.8, 4) is 0 Å². The van der Waals surface area contributed by atoms with Crippen molar-refractivity contribution >= 4 is 5.97 Å². The summed E-state index contributed by atoms with van der Waals surface area (Å²) < 4.78 is 1.88. The van der Waals surface area contributed by atoms with Gasteiger partial charge in [-0.2, -0.15) is 5.10 Å². The highest BCUT2D eigenvalue weighted by Gasteiger charge is 2.31. The van der Waals surface area contributed by atoms with Gasteiger partial charge in [-0.15, -0.1) is 0 Å². The molecule has 2 heterocycles. The van der Waals surface area contributed by atoms with Crippen LogP contribution in [0, 0.1) is 0 Å². The predicted molar refractivity (Wildman–Crippen MR) is 60.8 cm³/mol. The molecule has 0 spiro atoms. The Kier molecular flexibility index (Phi) is 2.52. The maximum atomic E-state index is 11.2. The van der Waals surface area contributed by atoms with E-state index in [0.29, 0.717) is 0 Å². The number of nitrogens with zero attached hydrogens (tertiary/aromatic N) is 2. The lowest BCUT2D eigenvalue weighted by Crippen LogP contribution is -2.19. The minimum Gasteiger partial charge on any atom is -0.476 e. The quantitative estimate of drug-likeness (QED) is 0.792. The molecule has 1 N–H and O–H groups in total. The molecule has 0 fully saturated rings. The van der Waals surface area contributed by atoms with Crippen LogP contribution in [0.1, 0.15) is 55.4 Å². The van der Waals surface area contributed by atoms with Gasteiger partial charge < -0.3 is 5.11 Å². The topological polar surface area (TPSA) is 55.1 Å². The van der Waals surface area contributed by atoms with E-state index in [1.54, 1.807) is 0 Å². The third-order valence-corrected chi connectivity index (χ3v) is 3.04. The zero-order valence-corrected chi connectivity index (χ0v) is 10.1. The van der Waals surface area contributed by atoms with Crippen LogP contribution in [0.25, 0.3) is 0 Å². The van der Waals surface area contributed by atoms with E-state index in [1.807, 2.05) is 25.5 Å². The van der Waals surface area contributed by atoms with Gasteiger partial charge in [0.2, 0.25) is 0 Å². The average molecular weight is 222 g/mol. The van der Waals surface area contributed by atoms with E-state index in [0.717, 1.165) is 37.1 Å². The molecule has 2 rings (SSSR count). The standard InChI is InChI=1S/C12H18N2O2/c1-12(2,3)9-8-6-4-5-7-14(8)13-10(9)11(15)16/h4-7H2,1-3H3,(H,15,16). The fourth-order valence-electron chi connectivity index (χ4n) is 2.43. The van der Waals surface area contributed by atoms with Gasteiger partial charge in [0.1, 0.15) is 0 Å². The Bertz CT molecular complexity index is 427. The molecule has 0 saturated carbocycles. The minimum atomic E-state index is -0.910. The van der Waals surface area contributed by atoms with Crippen LogP contribution in [0.2, 0.25) is 0 Å². The lowest BCUT2D eigenvalue weighted by Gasteiger charge is -2.22. The number of carboxylic acid groups (broad SMARTS) is 1. The number of fused-ring (bicyclic) bond motifs is 1. The monoisotopic (exact) mass is 222 g/mol. The van der Waals surface area contributed by atoms with Crippen molar-refractivity contribution in [2.75, 3.05) is 0 Å². The summed E-state index contributed by atoms with van der Waals surface area (Å²) in [5, 5.41) is 13.4. The maximum absolute atomic E-state index is 11.2. The van der Waals surface area contributed by atoms with E-state index in [4.69, 9.17) is 0 Å². The van der Waals surface area contributed by atoms with Crippen LogP contribution >= 0.6 is 0 Å². The average Bonchev–Trinajstić information content (AvgIpc) is 2.55. The summed E-state index contributed by atoms with van der Waals surface area (Å²) in [5.41, 5.74) is 2.12. The predicted octanol–water partition coefficient (Wildman–Crippen LogP) is 2.22. The van der Waals surface area contributed by atoms with E-state index in [1.165, 1.54) is 0 Å². The van der Waals surface area contributed by atoms with Crippen molar-refractivity contribution < 1.29 is 9.90 Å². The lowest BCUT2D eigenvalue weighted by atomic mass is 9.83. The summed E-state index contributed by atoms with van der Waals surface area (Å²) in [6.07, 6.45) is 3.18. The van der Waals surface area contributed by atoms with Gasteiger partial charge in [-0.25, -0.2) is 4.79 Å². The Hall–Kier alpha value is -1.32. The molecule has 0 bridgehead atoms. The van der Waals surface area contributed by atoms with E-state index in [-0.39, 0.29) is 11.1 Å². The molecule has 0 saturated heterocycles. The van der Waals surface area contributed by atoms with Crippen LogP contribution < -0.4 is 0 Å². The third kappa shape index (κ3) is 1.72. The molecule has 1 aromatic heterocycles. The first kappa shape index (κ1) is 11.2. The summed E-state index contributed by atoms with van der Waals surface area (Å²) >= 11 is 0. The van der Waals surface area contributed by atoms with Crippen molar-refractivity contribution in [2.24, 2.45) is 0 Å². The van der Waals surface area contributed by atoms with Crippen LogP contribution in [-0.4, -0.2) is 20.9 Å². The number of carboxylic acids is 1. The first-order valence-electron chi connectivity index (χ1n) is 5.74. The molecule has 0 aliphatic carbocycles. The van der Waals surface area contributed by atoms with Crippen LogP contribution in [0.4, 0.5) is 0 Å². The number of carbonyl (C=O) groups is 1. The molecule has 0 radical (unpaired) electrons. The van der Waals surface area contributed by atoms with Gasteiger partial charge >= 0.3 is 5.97 Å². The highest BCUT2D eigenvalue weighted by atomic mass is 16.4. The van der Waals surface area contributed by atoms with Crippen molar-refractivity contribution in [2.45, 2.75) is 52.0 Å². The fourth-order valence-corrected chi connectivity index (χ4v) is 2.43. The first-order valence-corrected chi connectivity index (χ1v) is 5.74. The second-order valence-electron chi connectivity index (χ2n) is 5.41. The Labute approximate surface area is 95.3 Å². The number of aryl methyl sites for hydroxylation is 1. The van der Waals surface area contributed by atoms with Gasteiger partial charge in [-0.3, -0.25) is 4.68 Å². The van der Waals surface area contributed by atoms with Crippen molar-refractivity contribution in [3.63, 3.8) is 0 Å². The molecule has 0 aromatic carbocycles. The third-order valence-electron chi connectivity index (χ3n) is 3.04. The van der Waals surface area contributed by atoms with Crippen LogP contribution in [0.3, 0.4) is 0 Å². The molecule has 0 atom stereocenters. The smallest absolute Gasteiger partial charge is 0.356 e. The summed E-state index contributed by atoms with van der Waals surface area (Å²) in [6.45, 7) is 7.00. The van der Waals surface area contributed by atoms with E-state index < -0.39 is 5.97 Å². The SMILES string of the molecule is CC(C)(C)c1c(C(=O)O)nn2c1CCCC2. The Balaban J connectivity index is 2.62. The molecule has 4 nitrogen and oxygen atoms in total. The Morgan fingerprint density at radius 1 is 1.38 bits per heavy atom. The van der Waals surface area contributed by atoms with Gasteiger partial charge in [-0.1, -0.05) is 20.8 Å². The summed E-state index contributed by atoms with van der Waals surface area (Å²) in [4.78, 5) is 11.2. The van der Waals surface area contributed by atoms with Gasteiger partial charge in [0, 0.05) is 17.8 Å². The number of hydrogen-bond donors (Lipinski definition) is 1. The molecule has 0 unspecified atom stereocenters. The van der Waals surface area contributed by atoms with Crippen LogP contribution in [-0.2, 0) is 18.4 Å². The molecule has 1 aliphatic heterocycles. The van der Waals surface area contributed by atoms with Crippen LogP contribution in [0.5, 0.6) is 0 Å². The first-order chi connectivity index (χ1) is 7.41. The van der Waals surface area contributed by atoms with E-state index >= 15 is 0 Å². The molecule has 1 aliphatic rings. The van der Waals surface area contributed by atoms with Crippen molar-refractivity contribution in [1.29, 1.82) is 0 Å². The Morgan fingerprint density at radius 2 is 2.06 bits per heavy atom. The number of hydrogen-bond acceptors (Lipinski definition) is 2. The van der Waals surface area contributed by atoms with Gasteiger partial charge in [0.15, 0.2) is 5.69 Å². The van der Waals surface area contributed by atoms with Crippen molar-refractivity contribution in [3.05, 3.63) is 17.0 Å². The highest BCUT2D eigenvalue weighted by Crippen LogP contribution is 2.32. The van der Waals surface area contributed by atoms with E-state index in [9.17, 15) is 9.90 Å². The number of rotatable bonds is 1. The summed E-state index contributed by atoms with van der Waals surface area (Å²) in [5.74, 6) is -0.910. The van der Waals surface area contributed by atoms with Crippen molar-refractivity contribution in [1.82, 2.24) is 9.78 Å². The van der Waals surface area contributed by atoms with Gasteiger partial charge in [0.25, 0.3) is 0 Å². The van der Waals surface area contributed by atoms with E-state index in [2.05, 4.69) is 5.10 Å². The molecular weight excluding hydrogens is 204 g/mol. The van der Waals surface area contributed by atoms with Crippen LogP contribution in [0.15, 0.2) is 0 Å². The number of aromatic carboxylic acids is 1. The minimum absolute atomic E-state index is 0.154. The zero-order chi connectivity index (χ0) is 11.9. The normalized spacial score (nSPS) is 15.9. The largest absolute Gasteiger partial charge is 0.476 e. The fraction of sp³-hybridized carbons (Fsp3) is 0.667. The second-order valence-corrected chi connectivity index (χ2v) is 5.41. The zero-order valence-electron chi connectivity index (χ0n) is 10.1.